The van der Waals surface area contributed by atoms with Crippen molar-refractivity contribution in [2.24, 2.45) is 17.6 Å². The van der Waals surface area contributed by atoms with E-state index in [1.54, 1.807) is 13.8 Å². The second kappa shape index (κ2) is 10.2. The molecule has 1 heterocycles. The number of hydrogen-bond acceptors (Lipinski definition) is 5. The van der Waals surface area contributed by atoms with E-state index in [4.69, 9.17) is 10.8 Å². The summed E-state index contributed by atoms with van der Waals surface area (Å²) in [6.45, 7) is 7.29. The Morgan fingerprint density at radius 3 is 2.37 bits per heavy atom. The average molecular weight is 384 g/mol. The fraction of sp³-hybridized carbons (Fsp3) is 0.778. The van der Waals surface area contributed by atoms with Crippen LogP contribution in [0, 0.1) is 11.8 Å². The van der Waals surface area contributed by atoms with E-state index in [2.05, 4.69) is 10.6 Å². The van der Waals surface area contributed by atoms with Crippen LogP contribution in [0.3, 0.4) is 0 Å². The molecule has 0 aromatic heterocycles. The summed E-state index contributed by atoms with van der Waals surface area (Å²) in [5.74, 6) is -2.63. The first-order valence-corrected chi connectivity index (χ1v) is 9.46. The minimum atomic E-state index is -1.16. The van der Waals surface area contributed by atoms with Crippen LogP contribution in [-0.2, 0) is 19.2 Å². The monoisotopic (exact) mass is 384 g/mol. The van der Waals surface area contributed by atoms with E-state index >= 15 is 0 Å². The summed E-state index contributed by atoms with van der Waals surface area (Å²) in [6, 6.07) is -2.21. The molecule has 0 aromatic carbocycles. The second-order valence-corrected chi connectivity index (χ2v) is 7.44. The largest absolute Gasteiger partial charge is 0.480 e. The van der Waals surface area contributed by atoms with Gasteiger partial charge in [-0.25, -0.2) is 0 Å². The van der Waals surface area contributed by atoms with Crippen LogP contribution < -0.4 is 16.4 Å². The van der Waals surface area contributed by atoms with Crippen molar-refractivity contribution in [3.8, 4) is 0 Å². The predicted molar refractivity (Wildman–Crippen MR) is 99.6 cm³/mol. The summed E-state index contributed by atoms with van der Waals surface area (Å²) in [5, 5.41) is 13.6. The van der Waals surface area contributed by atoms with Gasteiger partial charge in [0.2, 0.25) is 17.7 Å². The van der Waals surface area contributed by atoms with Gasteiger partial charge in [0, 0.05) is 6.54 Å². The molecule has 1 aliphatic heterocycles. The summed E-state index contributed by atoms with van der Waals surface area (Å²) in [6.07, 6.45) is 1.96. The van der Waals surface area contributed by atoms with Crippen LogP contribution in [0.2, 0.25) is 0 Å². The molecule has 0 aromatic rings. The number of carbonyl (C=O) groups excluding carboxylic acids is 3. The molecule has 4 atom stereocenters. The van der Waals surface area contributed by atoms with Crippen molar-refractivity contribution >= 4 is 23.7 Å². The number of carboxylic acids is 1. The molecule has 3 amide bonds. The highest BCUT2D eigenvalue weighted by atomic mass is 16.4. The van der Waals surface area contributed by atoms with Gasteiger partial charge >= 0.3 is 5.97 Å². The Bertz CT molecular complexity index is 566. The number of aliphatic carboxylic acids is 1. The molecule has 0 bridgehead atoms. The summed E-state index contributed by atoms with van der Waals surface area (Å²) in [5.41, 5.74) is 6.04. The minimum Gasteiger partial charge on any atom is -0.480 e. The molecule has 1 saturated heterocycles. The minimum absolute atomic E-state index is 0.00650. The van der Waals surface area contributed by atoms with E-state index in [9.17, 15) is 19.2 Å². The lowest BCUT2D eigenvalue weighted by Gasteiger charge is -2.30. The third-order valence-corrected chi connectivity index (χ3v) is 5.04. The first-order chi connectivity index (χ1) is 12.6. The van der Waals surface area contributed by atoms with Crippen molar-refractivity contribution in [2.45, 2.75) is 65.1 Å². The highest BCUT2D eigenvalue weighted by molar-refractivity contribution is 5.94. The van der Waals surface area contributed by atoms with Crippen molar-refractivity contribution in [2.75, 3.05) is 13.1 Å². The van der Waals surface area contributed by atoms with Gasteiger partial charge in [0.05, 0.1) is 6.04 Å². The van der Waals surface area contributed by atoms with Gasteiger partial charge in [-0.15, -0.1) is 0 Å². The van der Waals surface area contributed by atoms with Gasteiger partial charge in [0.15, 0.2) is 0 Å². The number of nitrogens with zero attached hydrogens (tertiary/aromatic N) is 1. The van der Waals surface area contributed by atoms with Crippen molar-refractivity contribution in [3.05, 3.63) is 0 Å². The molecule has 9 nitrogen and oxygen atoms in total. The van der Waals surface area contributed by atoms with Crippen LogP contribution in [0.15, 0.2) is 0 Å². The molecular weight excluding hydrogens is 352 g/mol. The standard InChI is InChI=1S/C18H32N4O5/c1-5-11(4)14(19)18(27)22-8-6-7-12(22)16(25)21-15(10(2)3)17(26)20-9-13(23)24/h10-12,14-15H,5-9,19H2,1-4H3,(H,20,26)(H,21,25)(H,23,24)/t11-,12-,14-,15-/m0/s1. The molecule has 27 heavy (non-hydrogen) atoms. The Balaban J connectivity index is 2.81. The van der Waals surface area contributed by atoms with Crippen molar-refractivity contribution in [1.29, 1.82) is 0 Å². The average Bonchev–Trinajstić information content (AvgIpc) is 3.11. The summed E-state index contributed by atoms with van der Waals surface area (Å²) < 4.78 is 0. The molecule has 0 unspecified atom stereocenters. The van der Waals surface area contributed by atoms with Gasteiger partial charge in [-0.3, -0.25) is 19.2 Å². The molecule has 0 radical (unpaired) electrons. The van der Waals surface area contributed by atoms with Gasteiger partial charge < -0.3 is 26.4 Å². The van der Waals surface area contributed by atoms with Crippen molar-refractivity contribution in [1.82, 2.24) is 15.5 Å². The molecule has 1 fully saturated rings. The van der Waals surface area contributed by atoms with E-state index in [1.165, 1.54) is 4.90 Å². The van der Waals surface area contributed by atoms with Gasteiger partial charge in [-0.1, -0.05) is 34.1 Å². The van der Waals surface area contributed by atoms with Crippen LogP contribution in [0.4, 0.5) is 0 Å². The van der Waals surface area contributed by atoms with Crippen LogP contribution in [0.1, 0.15) is 47.0 Å². The molecule has 154 valence electrons. The van der Waals surface area contributed by atoms with Crippen molar-refractivity contribution < 1.29 is 24.3 Å². The number of nitrogens with one attached hydrogen (secondary N) is 2. The quantitative estimate of drug-likeness (QED) is 0.430. The van der Waals surface area contributed by atoms with E-state index in [0.717, 1.165) is 6.42 Å². The van der Waals surface area contributed by atoms with Gasteiger partial charge in [0.1, 0.15) is 18.6 Å². The first-order valence-electron chi connectivity index (χ1n) is 9.46. The molecule has 1 rings (SSSR count). The molecule has 1 aliphatic rings. The Morgan fingerprint density at radius 1 is 1.22 bits per heavy atom. The Labute approximate surface area is 160 Å². The fourth-order valence-corrected chi connectivity index (χ4v) is 3.05. The fourth-order valence-electron chi connectivity index (χ4n) is 3.05. The zero-order valence-electron chi connectivity index (χ0n) is 16.5. The Hall–Kier alpha value is -2.16. The van der Waals surface area contributed by atoms with Crippen LogP contribution >= 0.6 is 0 Å². The molecule has 0 aliphatic carbocycles. The lowest BCUT2D eigenvalue weighted by Crippen LogP contribution is -2.57. The molecule has 9 heteroatoms. The number of amides is 3. The van der Waals surface area contributed by atoms with E-state index in [-0.39, 0.29) is 17.7 Å². The number of rotatable bonds is 9. The summed E-state index contributed by atoms with van der Waals surface area (Å²) in [7, 11) is 0. The maximum atomic E-state index is 12.7. The number of nitrogens with two attached hydrogens (primary N) is 1. The predicted octanol–water partition coefficient (Wildman–Crippen LogP) is -0.308. The number of carboxylic acid groups (broad SMARTS) is 1. The zero-order chi connectivity index (χ0) is 20.7. The molecule has 5 N–H and O–H groups in total. The van der Waals surface area contributed by atoms with E-state index in [0.29, 0.717) is 19.4 Å². The zero-order valence-corrected chi connectivity index (χ0v) is 16.5. The Kier molecular flexibility index (Phi) is 8.68. The maximum Gasteiger partial charge on any atom is 0.322 e. The van der Waals surface area contributed by atoms with Gasteiger partial charge in [-0.05, 0) is 24.7 Å². The third kappa shape index (κ3) is 6.20. The molecule has 0 spiro atoms. The van der Waals surface area contributed by atoms with Crippen LogP contribution in [0.5, 0.6) is 0 Å². The molecular formula is C18H32N4O5. The third-order valence-electron chi connectivity index (χ3n) is 5.04. The normalized spacial score (nSPS) is 20.1. The van der Waals surface area contributed by atoms with Crippen molar-refractivity contribution in [3.63, 3.8) is 0 Å². The smallest absolute Gasteiger partial charge is 0.322 e. The van der Waals surface area contributed by atoms with Gasteiger partial charge in [-0.2, -0.15) is 0 Å². The van der Waals surface area contributed by atoms with E-state index in [1.807, 2.05) is 13.8 Å². The van der Waals surface area contributed by atoms with Gasteiger partial charge in [0.25, 0.3) is 0 Å². The summed E-state index contributed by atoms with van der Waals surface area (Å²) >= 11 is 0. The number of likely N-dealkylation sites (tertiary alicyclic amines) is 1. The lowest BCUT2D eigenvalue weighted by atomic mass is 9.98. The van der Waals surface area contributed by atoms with E-state index < -0.39 is 42.5 Å². The molecule has 0 saturated carbocycles. The lowest BCUT2D eigenvalue weighted by molar-refractivity contribution is -0.142. The van der Waals surface area contributed by atoms with Crippen LogP contribution in [0.25, 0.3) is 0 Å². The first kappa shape index (κ1) is 22.9. The Morgan fingerprint density at radius 2 is 1.85 bits per heavy atom. The maximum absolute atomic E-state index is 12.7. The highest BCUT2D eigenvalue weighted by Crippen LogP contribution is 2.21. The second-order valence-electron chi connectivity index (χ2n) is 7.44. The SMILES string of the molecule is CC[C@H](C)[C@H](N)C(=O)N1CCC[C@H]1C(=O)N[C@H](C(=O)NCC(=O)O)C(C)C. The highest BCUT2D eigenvalue weighted by Gasteiger charge is 2.38. The number of carbonyl (C=O) groups is 4. The number of hydrogen-bond donors (Lipinski definition) is 4. The van der Waals surface area contributed by atoms with Crippen LogP contribution in [-0.4, -0.2) is 64.9 Å². The topological polar surface area (TPSA) is 142 Å². The summed E-state index contributed by atoms with van der Waals surface area (Å²) in [4.78, 5) is 49.7.